The normalized spacial score (nSPS) is 15.8. The number of H-pyrrole nitrogens is 1. The molecule has 0 saturated carbocycles. The fourth-order valence-electron chi connectivity index (χ4n) is 3.80. The third-order valence-electron chi connectivity index (χ3n) is 5.38. The lowest BCUT2D eigenvalue weighted by Gasteiger charge is -2.30. The van der Waals surface area contributed by atoms with E-state index in [0.29, 0.717) is 0 Å². The Morgan fingerprint density at radius 1 is 1.25 bits per heavy atom. The zero-order valence-electron chi connectivity index (χ0n) is 16.4. The van der Waals surface area contributed by atoms with Gasteiger partial charge >= 0.3 is 0 Å². The summed E-state index contributed by atoms with van der Waals surface area (Å²) >= 11 is 1.65. The zero-order valence-corrected chi connectivity index (χ0v) is 17.2. The molecule has 1 aliphatic heterocycles. The van der Waals surface area contributed by atoms with Crippen molar-refractivity contribution < 1.29 is 4.79 Å². The molecular weight excluding hydrogens is 368 g/mol. The van der Waals surface area contributed by atoms with Gasteiger partial charge in [0.2, 0.25) is 5.91 Å². The Morgan fingerprint density at radius 2 is 2.04 bits per heavy atom. The number of carbonyl (C=O) groups is 1. The van der Waals surface area contributed by atoms with Gasteiger partial charge in [0.05, 0.1) is 23.3 Å². The lowest BCUT2D eigenvalue weighted by atomic mass is 9.96. The Balaban J connectivity index is 1.33. The number of amides is 1. The summed E-state index contributed by atoms with van der Waals surface area (Å²) in [6.45, 7) is 4.72. The van der Waals surface area contributed by atoms with E-state index < -0.39 is 0 Å². The van der Waals surface area contributed by atoms with E-state index in [1.54, 1.807) is 11.8 Å². The number of fused-ring (bicyclic) bond motifs is 1. The maximum atomic E-state index is 12.7. The van der Waals surface area contributed by atoms with Gasteiger partial charge in [-0.25, -0.2) is 4.98 Å². The molecule has 2 N–H and O–H groups in total. The van der Waals surface area contributed by atoms with Crippen LogP contribution in [0.4, 0.5) is 5.69 Å². The van der Waals surface area contributed by atoms with Crippen LogP contribution in [0, 0.1) is 12.8 Å². The number of nitrogens with zero attached hydrogens (tertiary/aromatic N) is 2. The smallest absolute Gasteiger partial charge is 0.227 e. The van der Waals surface area contributed by atoms with Gasteiger partial charge in [0.25, 0.3) is 0 Å². The number of hydrogen-bond donors (Lipinski definition) is 2. The standard InChI is InChI=1S/C22H26N4OS/c1-15-7-8-17-19(13-15)24-21(23-17)14-26-11-9-16(10-12-26)22(27)25-18-5-3-4-6-20(18)28-2/h3-8,13,16H,9-12,14H2,1-2H3,(H,23,24)(H,25,27). The first-order valence-corrected chi connectivity index (χ1v) is 11.0. The van der Waals surface area contributed by atoms with Gasteiger partial charge in [-0.15, -0.1) is 11.8 Å². The van der Waals surface area contributed by atoms with Gasteiger partial charge in [0.1, 0.15) is 5.82 Å². The number of hydrogen-bond acceptors (Lipinski definition) is 4. The Morgan fingerprint density at radius 3 is 2.82 bits per heavy atom. The van der Waals surface area contributed by atoms with Crippen LogP contribution in [0.15, 0.2) is 47.4 Å². The molecule has 1 aromatic heterocycles. The first-order valence-electron chi connectivity index (χ1n) is 9.74. The number of aryl methyl sites for hydroxylation is 1. The van der Waals surface area contributed by atoms with Crippen molar-refractivity contribution in [2.45, 2.75) is 31.2 Å². The number of anilines is 1. The fourth-order valence-corrected chi connectivity index (χ4v) is 4.35. The predicted molar refractivity (Wildman–Crippen MR) is 116 cm³/mol. The van der Waals surface area contributed by atoms with Crippen LogP contribution in [-0.2, 0) is 11.3 Å². The highest BCUT2D eigenvalue weighted by atomic mass is 32.2. The number of benzene rings is 2. The summed E-state index contributed by atoms with van der Waals surface area (Å²) in [5, 5.41) is 3.12. The summed E-state index contributed by atoms with van der Waals surface area (Å²) in [7, 11) is 0. The minimum atomic E-state index is 0.0736. The first kappa shape index (κ1) is 19.0. The number of thioether (sulfide) groups is 1. The second kappa shape index (κ2) is 8.37. The molecule has 1 amide bonds. The van der Waals surface area contributed by atoms with E-state index in [9.17, 15) is 4.79 Å². The molecule has 0 bridgehead atoms. The highest BCUT2D eigenvalue weighted by Crippen LogP contribution is 2.27. The number of rotatable bonds is 5. The number of nitrogens with one attached hydrogen (secondary N) is 2. The van der Waals surface area contributed by atoms with Crippen molar-refractivity contribution in [2.75, 3.05) is 24.7 Å². The Bertz CT molecular complexity index is 976. The lowest BCUT2D eigenvalue weighted by molar-refractivity contribution is -0.121. The van der Waals surface area contributed by atoms with E-state index in [1.165, 1.54) is 5.56 Å². The van der Waals surface area contributed by atoms with E-state index in [2.05, 4.69) is 40.3 Å². The number of aromatic amines is 1. The molecule has 0 radical (unpaired) electrons. The van der Waals surface area contributed by atoms with Gasteiger partial charge in [0, 0.05) is 10.8 Å². The van der Waals surface area contributed by atoms with Crippen molar-refractivity contribution in [1.82, 2.24) is 14.9 Å². The van der Waals surface area contributed by atoms with Crippen molar-refractivity contribution in [1.29, 1.82) is 0 Å². The van der Waals surface area contributed by atoms with Crippen molar-refractivity contribution in [3.8, 4) is 0 Å². The van der Waals surface area contributed by atoms with Crippen LogP contribution in [0.3, 0.4) is 0 Å². The number of imidazole rings is 1. The molecule has 1 fully saturated rings. The third kappa shape index (κ3) is 4.23. The van der Waals surface area contributed by atoms with Crippen LogP contribution in [0.1, 0.15) is 24.2 Å². The minimum Gasteiger partial charge on any atom is -0.341 e. The third-order valence-corrected chi connectivity index (χ3v) is 6.18. The van der Waals surface area contributed by atoms with Gasteiger partial charge in [-0.2, -0.15) is 0 Å². The monoisotopic (exact) mass is 394 g/mol. The molecular formula is C22H26N4OS. The molecule has 0 spiro atoms. The average molecular weight is 395 g/mol. The van der Waals surface area contributed by atoms with Crippen molar-refractivity contribution in [3.05, 3.63) is 53.9 Å². The molecule has 146 valence electrons. The predicted octanol–water partition coefficient (Wildman–Crippen LogP) is 4.44. The topological polar surface area (TPSA) is 61.0 Å². The molecule has 5 nitrogen and oxygen atoms in total. The van der Waals surface area contributed by atoms with Crippen LogP contribution in [0.25, 0.3) is 11.0 Å². The van der Waals surface area contributed by atoms with Crippen LogP contribution >= 0.6 is 11.8 Å². The Kier molecular flexibility index (Phi) is 5.69. The average Bonchev–Trinajstić information content (AvgIpc) is 3.10. The molecule has 1 saturated heterocycles. The first-order chi connectivity index (χ1) is 13.6. The minimum absolute atomic E-state index is 0.0736. The number of para-hydroxylation sites is 1. The molecule has 4 rings (SSSR count). The second-order valence-corrected chi connectivity index (χ2v) is 8.29. The van der Waals surface area contributed by atoms with E-state index >= 15 is 0 Å². The highest BCUT2D eigenvalue weighted by molar-refractivity contribution is 7.98. The van der Waals surface area contributed by atoms with E-state index in [4.69, 9.17) is 4.98 Å². The van der Waals surface area contributed by atoms with Crippen LogP contribution in [-0.4, -0.2) is 40.1 Å². The molecule has 0 aliphatic carbocycles. The second-order valence-electron chi connectivity index (χ2n) is 7.44. The number of aromatic nitrogens is 2. The molecule has 2 heterocycles. The van der Waals surface area contributed by atoms with Gasteiger partial charge in [-0.1, -0.05) is 18.2 Å². The summed E-state index contributed by atoms with van der Waals surface area (Å²) in [4.78, 5) is 24.3. The maximum Gasteiger partial charge on any atom is 0.227 e. The van der Waals surface area contributed by atoms with Gasteiger partial charge < -0.3 is 10.3 Å². The van der Waals surface area contributed by atoms with E-state index in [0.717, 1.165) is 59.9 Å². The molecule has 6 heteroatoms. The van der Waals surface area contributed by atoms with E-state index in [1.807, 2.05) is 30.5 Å². The quantitative estimate of drug-likeness (QED) is 0.628. The molecule has 2 aromatic carbocycles. The van der Waals surface area contributed by atoms with Crippen LogP contribution < -0.4 is 5.32 Å². The Hall–Kier alpha value is -2.31. The highest BCUT2D eigenvalue weighted by Gasteiger charge is 2.26. The molecule has 1 aliphatic rings. The molecule has 28 heavy (non-hydrogen) atoms. The fraction of sp³-hybridized carbons (Fsp3) is 0.364. The number of piperidine rings is 1. The molecule has 0 atom stereocenters. The summed E-state index contributed by atoms with van der Waals surface area (Å²) in [6.07, 6.45) is 3.79. The lowest BCUT2D eigenvalue weighted by Crippen LogP contribution is -2.38. The SMILES string of the molecule is CSc1ccccc1NC(=O)C1CCN(Cc2nc3ccc(C)cc3[nH]2)CC1. The Labute approximate surface area is 169 Å². The summed E-state index contributed by atoms with van der Waals surface area (Å²) in [5.41, 5.74) is 4.26. The zero-order chi connectivity index (χ0) is 19.5. The van der Waals surface area contributed by atoms with Crippen molar-refractivity contribution in [2.24, 2.45) is 5.92 Å². The molecule has 0 unspecified atom stereocenters. The summed E-state index contributed by atoms with van der Waals surface area (Å²) < 4.78 is 0. The molecule has 3 aromatic rings. The van der Waals surface area contributed by atoms with Crippen molar-refractivity contribution in [3.63, 3.8) is 0 Å². The number of likely N-dealkylation sites (tertiary alicyclic amines) is 1. The van der Waals surface area contributed by atoms with E-state index in [-0.39, 0.29) is 11.8 Å². The summed E-state index contributed by atoms with van der Waals surface area (Å²) in [5.74, 6) is 1.21. The van der Waals surface area contributed by atoms with Gasteiger partial charge in [0.15, 0.2) is 0 Å². The van der Waals surface area contributed by atoms with Gasteiger partial charge in [-0.05, 0) is 68.9 Å². The van der Waals surface area contributed by atoms with Crippen molar-refractivity contribution >= 4 is 34.4 Å². The number of carbonyl (C=O) groups excluding carboxylic acids is 1. The van der Waals surface area contributed by atoms with Crippen LogP contribution in [0.2, 0.25) is 0 Å². The van der Waals surface area contributed by atoms with Gasteiger partial charge in [-0.3, -0.25) is 9.69 Å². The largest absolute Gasteiger partial charge is 0.341 e. The maximum absolute atomic E-state index is 12.7. The van der Waals surface area contributed by atoms with Crippen LogP contribution in [0.5, 0.6) is 0 Å². The summed E-state index contributed by atoms with van der Waals surface area (Å²) in [6, 6.07) is 14.3.